The van der Waals surface area contributed by atoms with Gasteiger partial charge in [-0.05, 0) is 56.7 Å². The van der Waals surface area contributed by atoms with E-state index in [2.05, 4.69) is 20.3 Å². The molecule has 2 aromatic heterocycles. The minimum Gasteiger partial charge on any atom is -0.380 e. The maximum absolute atomic E-state index is 13.1. The highest BCUT2D eigenvalue weighted by Crippen LogP contribution is 2.26. The molecule has 1 amide bonds. The minimum atomic E-state index is -0.309. The average Bonchev–Trinajstić information content (AvgIpc) is 2.78. The quantitative estimate of drug-likeness (QED) is 0.613. The Hall–Kier alpha value is -3.36. The third-order valence-corrected chi connectivity index (χ3v) is 5.41. The summed E-state index contributed by atoms with van der Waals surface area (Å²) in [6, 6.07) is 13.3. The number of pyridine rings is 1. The van der Waals surface area contributed by atoms with E-state index in [1.165, 1.54) is 0 Å². The van der Waals surface area contributed by atoms with Crippen LogP contribution in [0, 0.1) is 20.8 Å². The number of carbonyl (C=O) groups is 1. The smallest absolute Gasteiger partial charge is 0.254 e. The molecule has 1 aliphatic heterocycles. The van der Waals surface area contributed by atoms with Crippen molar-refractivity contribution >= 4 is 17.5 Å². The Morgan fingerprint density at radius 3 is 2.45 bits per heavy atom. The van der Waals surface area contributed by atoms with Crippen LogP contribution in [0.15, 0.2) is 42.5 Å². The van der Waals surface area contributed by atoms with Gasteiger partial charge in [-0.2, -0.15) is 0 Å². The zero-order valence-corrected chi connectivity index (χ0v) is 19.5. The number of ether oxygens (including phenoxy) is 2. The number of nitrogens with one attached hydrogen (secondary N) is 1. The maximum atomic E-state index is 13.1. The molecule has 4 rings (SSSR count). The lowest BCUT2D eigenvalue weighted by Crippen LogP contribution is -2.42. The molecule has 33 heavy (non-hydrogen) atoms. The summed E-state index contributed by atoms with van der Waals surface area (Å²) in [6.07, 6.45) is -0.309. The van der Waals surface area contributed by atoms with Crippen LogP contribution in [-0.2, 0) is 16.1 Å². The van der Waals surface area contributed by atoms with Gasteiger partial charge in [0.15, 0.2) is 0 Å². The monoisotopic (exact) mass is 447 g/mol. The van der Waals surface area contributed by atoms with E-state index in [-0.39, 0.29) is 12.0 Å². The van der Waals surface area contributed by atoms with Crippen molar-refractivity contribution in [2.75, 3.05) is 32.1 Å². The Morgan fingerprint density at radius 1 is 1.06 bits per heavy atom. The molecular weight excluding hydrogens is 418 g/mol. The second-order valence-corrected chi connectivity index (χ2v) is 8.26. The number of morpholine rings is 1. The standard InChI is InChI=1S/C25H29N5O3/c1-16-11-17(2)28-25(27-16)29-21-12-18(3)26-22(13-21)23-14-30(9-10-33-23)24(31)20-7-5-19(6-8-20)15-32-4/h5-8,11-13,23H,9-10,14-15H2,1-4H3,(H,26,27,28,29)/t23-/m1/s1. The molecule has 0 aliphatic carbocycles. The molecule has 3 heterocycles. The molecule has 1 N–H and O–H groups in total. The lowest BCUT2D eigenvalue weighted by Gasteiger charge is -2.33. The first-order valence-corrected chi connectivity index (χ1v) is 11.0. The van der Waals surface area contributed by atoms with E-state index in [4.69, 9.17) is 9.47 Å². The van der Waals surface area contributed by atoms with Gasteiger partial charge in [-0.3, -0.25) is 9.78 Å². The van der Waals surface area contributed by atoms with Crippen molar-refractivity contribution in [3.8, 4) is 0 Å². The Kier molecular flexibility index (Phi) is 6.96. The molecule has 0 bridgehead atoms. The number of carbonyl (C=O) groups excluding carboxylic acids is 1. The normalized spacial score (nSPS) is 16.0. The number of nitrogens with zero attached hydrogens (tertiary/aromatic N) is 4. The summed E-state index contributed by atoms with van der Waals surface area (Å²) in [5.74, 6) is 0.532. The molecule has 3 aromatic rings. The molecule has 1 fully saturated rings. The number of aromatic nitrogens is 3. The van der Waals surface area contributed by atoms with Gasteiger partial charge in [0, 0.05) is 42.0 Å². The third kappa shape index (κ3) is 5.71. The summed E-state index contributed by atoms with van der Waals surface area (Å²) >= 11 is 0. The summed E-state index contributed by atoms with van der Waals surface area (Å²) in [5, 5.41) is 3.27. The molecule has 1 atom stereocenters. The van der Waals surface area contributed by atoms with Gasteiger partial charge in [-0.25, -0.2) is 9.97 Å². The number of aryl methyl sites for hydroxylation is 3. The molecule has 1 aromatic carbocycles. The minimum absolute atomic E-state index is 0.0121. The number of hydrogen-bond acceptors (Lipinski definition) is 7. The van der Waals surface area contributed by atoms with Crippen LogP contribution in [0.2, 0.25) is 0 Å². The number of hydrogen-bond donors (Lipinski definition) is 1. The second kappa shape index (κ2) is 10.1. The zero-order chi connectivity index (χ0) is 23.4. The molecule has 8 nitrogen and oxygen atoms in total. The van der Waals surface area contributed by atoms with E-state index in [0.717, 1.165) is 34.0 Å². The van der Waals surface area contributed by atoms with E-state index in [9.17, 15) is 4.79 Å². The second-order valence-electron chi connectivity index (χ2n) is 8.26. The van der Waals surface area contributed by atoms with E-state index < -0.39 is 0 Å². The Balaban J connectivity index is 1.50. The van der Waals surface area contributed by atoms with Gasteiger partial charge in [-0.1, -0.05) is 12.1 Å². The number of rotatable bonds is 6. The Labute approximate surface area is 194 Å². The van der Waals surface area contributed by atoms with Crippen molar-refractivity contribution in [2.24, 2.45) is 0 Å². The summed E-state index contributed by atoms with van der Waals surface area (Å²) in [6.45, 7) is 7.78. The lowest BCUT2D eigenvalue weighted by molar-refractivity contribution is -0.0247. The highest BCUT2D eigenvalue weighted by molar-refractivity contribution is 5.94. The molecule has 1 saturated heterocycles. The molecule has 172 valence electrons. The van der Waals surface area contributed by atoms with E-state index >= 15 is 0 Å². The van der Waals surface area contributed by atoms with Crippen LogP contribution in [0.25, 0.3) is 0 Å². The van der Waals surface area contributed by atoms with E-state index in [1.807, 2.05) is 68.1 Å². The summed E-state index contributed by atoms with van der Waals surface area (Å²) in [4.78, 5) is 28.5. The topological polar surface area (TPSA) is 89.5 Å². The number of amides is 1. The highest BCUT2D eigenvalue weighted by Gasteiger charge is 2.27. The fraction of sp³-hybridized carbons (Fsp3) is 0.360. The van der Waals surface area contributed by atoms with Crippen molar-refractivity contribution in [1.82, 2.24) is 19.9 Å². The molecule has 0 radical (unpaired) electrons. The first kappa shape index (κ1) is 22.8. The SMILES string of the molecule is COCc1ccc(C(=O)N2CCO[C@@H](c3cc(Nc4nc(C)cc(C)n4)cc(C)n3)C2)cc1. The number of anilines is 2. The van der Waals surface area contributed by atoms with Crippen LogP contribution in [0.4, 0.5) is 11.6 Å². The van der Waals surface area contributed by atoms with Crippen molar-refractivity contribution in [1.29, 1.82) is 0 Å². The van der Waals surface area contributed by atoms with Crippen LogP contribution in [0.1, 0.15) is 44.8 Å². The fourth-order valence-electron chi connectivity index (χ4n) is 3.95. The van der Waals surface area contributed by atoms with Gasteiger partial charge in [0.25, 0.3) is 5.91 Å². The molecular formula is C25H29N5O3. The lowest BCUT2D eigenvalue weighted by atomic mass is 10.1. The van der Waals surface area contributed by atoms with Gasteiger partial charge in [-0.15, -0.1) is 0 Å². The van der Waals surface area contributed by atoms with E-state index in [1.54, 1.807) is 7.11 Å². The number of methoxy groups -OCH3 is 1. The van der Waals surface area contributed by atoms with Crippen molar-refractivity contribution in [3.05, 3.63) is 76.4 Å². The van der Waals surface area contributed by atoms with Gasteiger partial charge in [0.05, 0.1) is 25.5 Å². The first-order valence-electron chi connectivity index (χ1n) is 11.0. The molecule has 1 aliphatic rings. The number of benzene rings is 1. The van der Waals surface area contributed by atoms with Crippen LogP contribution in [0.5, 0.6) is 0 Å². The summed E-state index contributed by atoms with van der Waals surface area (Å²) in [5.41, 5.74) is 5.94. The van der Waals surface area contributed by atoms with E-state index in [0.29, 0.717) is 37.8 Å². The van der Waals surface area contributed by atoms with Crippen LogP contribution < -0.4 is 5.32 Å². The van der Waals surface area contributed by atoms with Crippen LogP contribution >= 0.6 is 0 Å². The fourth-order valence-corrected chi connectivity index (χ4v) is 3.95. The maximum Gasteiger partial charge on any atom is 0.254 e. The van der Waals surface area contributed by atoms with Gasteiger partial charge in [0.2, 0.25) is 5.95 Å². The van der Waals surface area contributed by atoms with Crippen molar-refractivity contribution in [2.45, 2.75) is 33.5 Å². The summed E-state index contributed by atoms with van der Waals surface area (Å²) < 4.78 is 11.1. The highest BCUT2D eigenvalue weighted by atomic mass is 16.5. The predicted molar refractivity (Wildman–Crippen MR) is 126 cm³/mol. The molecule has 0 spiro atoms. The largest absolute Gasteiger partial charge is 0.380 e. The van der Waals surface area contributed by atoms with Crippen LogP contribution in [0.3, 0.4) is 0 Å². The van der Waals surface area contributed by atoms with Crippen molar-refractivity contribution < 1.29 is 14.3 Å². The zero-order valence-electron chi connectivity index (χ0n) is 19.5. The van der Waals surface area contributed by atoms with Gasteiger partial charge >= 0.3 is 0 Å². The molecule has 0 unspecified atom stereocenters. The Bertz CT molecular complexity index is 1110. The predicted octanol–water partition coefficient (Wildman–Crippen LogP) is 3.90. The van der Waals surface area contributed by atoms with Crippen LogP contribution in [-0.4, -0.2) is 52.6 Å². The Morgan fingerprint density at radius 2 is 1.76 bits per heavy atom. The third-order valence-electron chi connectivity index (χ3n) is 5.41. The first-order chi connectivity index (χ1) is 15.9. The molecule has 8 heteroatoms. The summed E-state index contributed by atoms with van der Waals surface area (Å²) in [7, 11) is 1.65. The average molecular weight is 448 g/mol. The van der Waals surface area contributed by atoms with Gasteiger partial charge in [0.1, 0.15) is 6.10 Å². The van der Waals surface area contributed by atoms with Gasteiger partial charge < -0.3 is 19.7 Å². The van der Waals surface area contributed by atoms with Crippen molar-refractivity contribution in [3.63, 3.8) is 0 Å². The molecule has 0 saturated carbocycles.